The van der Waals surface area contributed by atoms with E-state index in [9.17, 15) is 5.11 Å². The first-order valence-corrected chi connectivity index (χ1v) is 24.8. The van der Waals surface area contributed by atoms with E-state index in [1.54, 1.807) is 5.57 Å². The minimum Gasteiger partial charge on any atom is -0.410 e. The van der Waals surface area contributed by atoms with Crippen molar-refractivity contribution in [3.05, 3.63) is 35.5 Å². The van der Waals surface area contributed by atoms with Crippen LogP contribution in [0.1, 0.15) is 140 Å². The molecule has 0 unspecified atom stereocenters. The average molecular weight is 673 g/mol. The van der Waals surface area contributed by atoms with Crippen molar-refractivity contribution in [3.63, 3.8) is 0 Å². The molecule has 0 spiro atoms. The SMILES string of the molecule is C=C1[C@H](O[Si](C)(C)C(C)(C)C)CC(=C/C=C2\CCC[C@]3(C)[C@@H]([C@H](C)[C@@H](CC)CCC(C)(C)O)CC[C@@H]23)C[C@H]1O[Si](C)(C)C(C)(C)C. The second-order valence-electron chi connectivity index (χ2n) is 19.8. The third-order valence-electron chi connectivity index (χ3n) is 13.8. The Balaban J connectivity index is 1.89. The molecule has 266 valence electrons. The lowest BCUT2D eigenvalue weighted by atomic mass is 9.59. The Hall–Kier alpha value is -0.466. The Morgan fingerprint density at radius 1 is 0.913 bits per heavy atom. The van der Waals surface area contributed by atoms with E-state index in [0.29, 0.717) is 23.2 Å². The molecule has 1 N–H and O–H groups in total. The Kier molecular flexibility index (Phi) is 12.5. The Bertz CT molecular complexity index is 1070. The van der Waals surface area contributed by atoms with Crippen LogP contribution in [-0.4, -0.2) is 39.6 Å². The highest BCUT2D eigenvalue weighted by atomic mass is 28.4. The van der Waals surface area contributed by atoms with Gasteiger partial charge in [-0.25, -0.2) is 0 Å². The summed E-state index contributed by atoms with van der Waals surface area (Å²) >= 11 is 0. The lowest BCUT2D eigenvalue weighted by Gasteiger charge is -2.46. The molecule has 3 nitrogen and oxygen atoms in total. The van der Waals surface area contributed by atoms with Gasteiger partial charge in [-0.15, -0.1) is 0 Å². The minimum absolute atomic E-state index is 0.0252. The molecule has 0 radical (unpaired) electrons. The van der Waals surface area contributed by atoms with Crippen LogP contribution in [0.3, 0.4) is 0 Å². The average Bonchev–Trinajstić information content (AvgIpc) is 3.25. The van der Waals surface area contributed by atoms with Gasteiger partial charge >= 0.3 is 0 Å². The number of allylic oxidation sites excluding steroid dienone is 3. The molecule has 5 heteroatoms. The smallest absolute Gasteiger partial charge is 0.192 e. The van der Waals surface area contributed by atoms with Crippen LogP contribution in [-0.2, 0) is 8.85 Å². The summed E-state index contributed by atoms with van der Waals surface area (Å²) in [5, 5.41) is 10.8. The second kappa shape index (κ2) is 14.4. The van der Waals surface area contributed by atoms with E-state index >= 15 is 0 Å². The number of hydrogen-bond acceptors (Lipinski definition) is 3. The molecule has 3 saturated carbocycles. The first-order chi connectivity index (χ1) is 20.8. The van der Waals surface area contributed by atoms with E-state index in [4.69, 9.17) is 8.85 Å². The first-order valence-electron chi connectivity index (χ1n) is 19.0. The first kappa shape index (κ1) is 40.0. The molecular weight excluding hydrogens is 597 g/mol. The van der Waals surface area contributed by atoms with Crippen molar-refractivity contribution in [2.75, 3.05) is 0 Å². The third kappa shape index (κ3) is 9.20. The maximum Gasteiger partial charge on any atom is 0.192 e. The van der Waals surface area contributed by atoms with Gasteiger partial charge in [0.05, 0.1) is 17.8 Å². The highest BCUT2D eigenvalue weighted by molar-refractivity contribution is 6.74. The van der Waals surface area contributed by atoms with Crippen LogP contribution in [0, 0.1) is 29.1 Å². The number of hydrogen-bond donors (Lipinski definition) is 1. The van der Waals surface area contributed by atoms with Gasteiger partial charge in [-0.1, -0.05) is 98.6 Å². The molecule has 0 heterocycles. The fraction of sp³-hybridized carbons (Fsp3) is 0.854. The topological polar surface area (TPSA) is 38.7 Å². The predicted molar refractivity (Wildman–Crippen MR) is 205 cm³/mol. The summed E-state index contributed by atoms with van der Waals surface area (Å²) in [5.41, 5.74) is 4.13. The summed E-state index contributed by atoms with van der Waals surface area (Å²) in [6.45, 7) is 39.6. The molecule has 0 bridgehead atoms. The van der Waals surface area contributed by atoms with E-state index in [-0.39, 0.29) is 22.3 Å². The van der Waals surface area contributed by atoms with Gasteiger partial charge in [0, 0.05) is 0 Å². The van der Waals surface area contributed by atoms with Gasteiger partial charge in [-0.05, 0) is 143 Å². The summed E-state index contributed by atoms with van der Waals surface area (Å²) in [6, 6.07) is 0. The Morgan fingerprint density at radius 2 is 1.43 bits per heavy atom. The molecule has 3 fully saturated rings. The number of aliphatic hydroxyl groups is 1. The predicted octanol–water partition coefficient (Wildman–Crippen LogP) is 12.4. The van der Waals surface area contributed by atoms with E-state index < -0.39 is 22.2 Å². The van der Waals surface area contributed by atoms with Gasteiger partial charge in [0.15, 0.2) is 16.6 Å². The fourth-order valence-corrected chi connectivity index (χ4v) is 11.1. The van der Waals surface area contributed by atoms with Crippen molar-refractivity contribution in [2.24, 2.45) is 29.1 Å². The lowest BCUT2D eigenvalue weighted by molar-refractivity contribution is 0.0404. The Labute approximate surface area is 288 Å². The molecular formula is C41H76O3Si2. The fourth-order valence-electron chi connectivity index (χ4n) is 8.54. The third-order valence-corrected chi connectivity index (χ3v) is 22.8. The highest BCUT2D eigenvalue weighted by Crippen LogP contribution is 2.60. The molecule has 0 aromatic rings. The maximum atomic E-state index is 10.4. The minimum atomic E-state index is -1.98. The van der Waals surface area contributed by atoms with Crippen LogP contribution in [0.4, 0.5) is 0 Å². The molecule has 0 amide bonds. The van der Waals surface area contributed by atoms with Crippen LogP contribution in [0.25, 0.3) is 0 Å². The van der Waals surface area contributed by atoms with E-state index in [1.807, 2.05) is 13.8 Å². The van der Waals surface area contributed by atoms with E-state index in [1.165, 1.54) is 44.1 Å². The summed E-state index contributed by atoms with van der Waals surface area (Å²) in [5.74, 6) is 2.85. The van der Waals surface area contributed by atoms with E-state index in [0.717, 1.165) is 37.2 Å². The van der Waals surface area contributed by atoms with Gasteiger partial charge in [0.2, 0.25) is 0 Å². The summed E-state index contributed by atoms with van der Waals surface area (Å²) in [6.07, 6.45) is 16.8. The quantitative estimate of drug-likeness (QED) is 0.175. The van der Waals surface area contributed by atoms with Gasteiger partial charge in [-0.3, -0.25) is 0 Å². The van der Waals surface area contributed by atoms with Gasteiger partial charge in [0.25, 0.3) is 0 Å². The largest absolute Gasteiger partial charge is 0.410 e. The number of fused-ring (bicyclic) bond motifs is 1. The molecule has 7 atom stereocenters. The van der Waals surface area contributed by atoms with Gasteiger partial charge in [0.1, 0.15) is 0 Å². The summed E-state index contributed by atoms with van der Waals surface area (Å²) < 4.78 is 14.2. The molecule has 46 heavy (non-hydrogen) atoms. The zero-order chi connectivity index (χ0) is 35.1. The van der Waals surface area contributed by atoms with Crippen LogP contribution >= 0.6 is 0 Å². The van der Waals surface area contributed by atoms with Crippen molar-refractivity contribution in [3.8, 4) is 0 Å². The molecule has 0 saturated heterocycles. The van der Waals surface area contributed by atoms with Crippen LogP contribution < -0.4 is 0 Å². The molecule has 3 aliphatic rings. The Morgan fingerprint density at radius 3 is 1.89 bits per heavy atom. The molecule has 0 aromatic carbocycles. The molecule has 0 aromatic heterocycles. The number of rotatable bonds is 11. The van der Waals surface area contributed by atoms with E-state index in [2.05, 4.69) is 107 Å². The second-order valence-corrected chi connectivity index (χ2v) is 29.3. The molecule has 3 aliphatic carbocycles. The van der Waals surface area contributed by atoms with Crippen molar-refractivity contribution in [1.29, 1.82) is 0 Å². The monoisotopic (exact) mass is 673 g/mol. The zero-order valence-corrected chi connectivity index (χ0v) is 35.2. The normalized spacial score (nSPS) is 30.8. The van der Waals surface area contributed by atoms with Gasteiger partial charge < -0.3 is 14.0 Å². The van der Waals surface area contributed by atoms with Crippen molar-refractivity contribution < 1.29 is 14.0 Å². The van der Waals surface area contributed by atoms with Crippen LogP contribution in [0.2, 0.25) is 36.3 Å². The highest BCUT2D eigenvalue weighted by Gasteiger charge is 2.52. The molecule has 3 rings (SSSR count). The van der Waals surface area contributed by atoms with Crippen LogP contribution in [0.5, 0.6) is 0 Å². The van der Waals surface area contributed by atoms with Crippen molar-refractivity contribution >= 4 is 16.6 Å². The molecule has 0 aliphatic heterocycles. The van der Waals surface area contributed by atoms with Crippen LogP contribution in [0.15, 0.2) is 35.5 Å². The van der Waals surface area contributed by atoms with Crippen molar-refractivity contribution in [1.82, 2.24) is 0 Å². The zero-order valence-electron chi connectivity index (χ0n) is 33.2. The van der Waals surface area contributed by atoms with Crippen molar-refractivity contribution in [2.45, 2.75) is 194 Å². The summed E-state index contributed by atoms with van der Waals surface area (Å²) in [4.78, 5) is 0. The summed E-state index contributed by atoms with van der Waals surface area (Å²) in [7, 11) is -3.96. The van der Waals surface area contributed by atoms with Gasteiger partial charge in [-0.2, -0.15) is 0 Å². The lowest BCUT2D eigenvalue weighted by Crippen LogP contribution is -2.49. The standard InChI is InChI=1S/C41H76O3Si2/c1-17-32(24-26-40(10,11)42)29(2)34-22-23-35-33(19-18-25-41(34,35)12)21-20-31-27-36(43-45(13,14)38(4,5)6)30(3)37(28-31)44-46(15,16)39(7,8)9/h20-21,29,32,34-37,42H,3,17-19,22-28H2,1-2,4-16H3/b33-21+/t29-,32+,34-,35+,36-,37-,41-/m1/s1. The maximum absolute atomic E-state index is 10.4.